The van der Waals surface area contributed by atoms with Crippen LogP contribution in [0.15, 0.2) is 30.6 Å². The normalized spacial score (nSPS) is 11.9. The number of nitrogens with zero attached hydrogens (tertiary/aromatic N) is 4. The van der Waals surface area contributed by atoms with Gasteiger partial charge in [-0.3, -0.25) is 0 Å². The van der Waals surface area contributed by atoms with Crippen molar-refractivity contribution in [2.45, 2.75) is 25.9 Å². The molecule has 0 fully saturated rings. The van der Waals surface area contributed by atoms with Crippen LogP contribution in [0.3, 0.4) is 0 Å². The molecule has 0 radical (unpaired) electrons. The first-order valence-electron chi connectivity index (χ1n) is 7.12. The number of hydrogen-bond donors (Lipinski definition) is 0. The van der Waals surface area contributed by atoms with Gasteiger partial charge in [-0.1, -0.05) is 13.3 Å². The largest absolute Gasteiger partial charge is 0.439 e. The van der Waals surface area contributed by atoms with Crippen LogP contribution in [0.2, 0.25) is 0 Å². The highest BCUT2D eigenvalue weighted by Gasteiger charge is 2.34. The minimum atomic E-state index is -4.81. The molecule has 2 heterocycles. The number of ether oxygens (including phenoxy) is 1. The first-order chi connectivity index (χ1) is 11.4. The van der Waals surface area contributed by atoms with Gasteiger partial charge < -0.3 is 4.74 Å². The molecule has 0 aliphatic heterocycles. The molecular formula is C15H12F4N4O. The molecule has 0 aliphatic rings. The summed E-state index contributed by atoms with van der Waals surface area (Å²) < 4.78 is 58.5. The molecule has 0 saturated carbocycles. The minimum absolute atomic E-state index is 0.153. The molecule has 0 atom stereocenters. The van der Waals surface area contributed by atoms with Crippen LogP contribution in [0, 0.1) is 5.82 Å². The molecule has 0 saturated heterocycles. The highest BCUT2D eigenvalue weighted by atomic mass is 19.4. The van der Waals surface area contributed by atoms with Crippen molar-refractivity contribution in [1.29, 1.82) is 0 Å². The Kier molecular flexibility index (Phi) is 4.08. The summed E-state index contributed by atoms with van der Waals surface area (Å²) in [6, 6.07) is 4.01. The Morgan fingerprint density at radius 3 is 2.71 bits per heavy atom. The fourth-order valence-electron chi connectivity index (χ4n) is 2.19. The number of hydrogen-bond acceptors (Lipinski definition) is 4. The molecule has 9 heteroatoms. The number of aromatic nitrogens is 4. The first kappa shape index (κ1) is 16.2. The lowest BCUT2D eigenvalue weighted by Gasteiger charge is -2.12. The second-order valence-corrected chi connectivity index (χ2v) is 5.05. The number of fused-ring (bicyclic) bond motifs is 1. The molecule has 0 N–H and O–H groups in total. The molecule has 0 aliphatic carbocycles. The molecule has 3 aromatic rings. The molecule has 2 aromatic heterocycles. The van der Waals surface area contributed by atoms with Crippen molar-refractivity contribution in [2.24, 2.45) is 0 Å². The summed E-state index contributed by atoms with van der Waals surface area (Å²) in [5.74, 6) is -1.09. The number of alkyl halides is 3. The molecule has 126 valence electrons. The Morgan fingerprint density at radius 1 is 1.21 bits per heavy atom. The van der Waals surface area contributed by atoms with Crippen LogP contribution in [0.5, 0.6) is 11.6 Å². The Bertz CT molecular complexity index is 876. The van der Waals surface area contributed by atoms with Gasteiger partial charge in [-0.05, 0) is 24.6 Å². The van der Waals surface area contributed by atoms with Gasteiger partial charge in [0.25, 0.3) is 5.78 Å². The van der Waals surface area contributed by atoms with Crippen LogP contribution in [-0.4, -0.2) is 19.6 Å². The molecule has 0 bridgehead atoms. The minimum Gasteiger partial charge on any atom is -0.439 e. The third kappa shape index (κ3) is 3.15. The standard InChI is InChI=1S/C15H12F4N4O/c1-2-3-9-6-13(23-14(22-9)20-8-21-23)24-10-4-5-12(16)11(7-10)15(17,18)19/h4-8H,2-3H2,1H3. The van der Waals surface area contributed by atoms with Gasteiger partial charge in [0, 0.05) is 11.8 Å². The Morgan fingerprint density at radius 2 is 2.00 bits per heavy atom. The third-order valence-electron chi connectivity index (χ3n) is 3.24. The lowest BCUT2D eigenvalue weighted by Crippen LogP contribution is -2.08. The van der Waals surface area contributed by atoms with E-state index in [1.165, 1.54) is 10.8 Å². The summed E-state index contributed by atoms with van der Waals surface area (Å²) in [7, 11) is 0. The number of benzene rings is 1. The van der Waals surface area contributed by atoms with Crippen LogP contribution in [0.4, 0.5) is 17.6 Å². The van der Waals surface area contributed by atoms with Gasteiger partial charge in [-0.25, -0.2) is 9.37 Å². The highest BCUT2D eigenvalue weighted by Crippen LogP contribution is 2.34. The molecular weight excluding hydrogens is 328 g/mol. The summed E-state index contributed by atoms with van der Waals surface area (Å²) >= 11 is 0. The van der Waals surface area contributed by atoms with E-state index in [0.717, 1.165) is 12.5 Å². The van der Waals surface area contributed by atoms with E-state index in [2.05, 4.69) is 15.1 Å². The summed E-state index contributed by atoms with van der Waals surface area (Å²) in [6.45, 7) is 1.96. The van der Waals surface area contributed by atoms with Gasteiger partial charge in [-0.15, -0.1) is 0 Å². The molecule has 0 spiro atoms. The average Bonchev–Trinajstić information content (AvgIpc) is 2.97. The van der Waals surface area contributed by atoms with Crippen LogP contribution >= 0.6 is 0 Å². The van der Waals surface area contributed by atoms with Crippen molar-refractivity contribution < 1.29 is 22.3 Å². The molecule has 0 amide bonds. The molecule has 24 heavy (non-hydrogen) atoms. The third-order valence-corrected chi connectivity index (χ3v) is 3.24. The SMILES string of the molecule is CCCc1cc(Oc2ccc(F)c(C(F)(F)F)c2)n2ncnc2n1. The number of halogens is 4. The van der Waals surface area contributed by atoms with Gasteiger partial charge in [0.2, 0.25) is 5.88 Å². The lowest BCUT2D eigenvalue weighted by atomic mass is 10.2. The zero-order valence-corrected chi connectivity index (χ0v) is 12.5. The fraction of sp³-hybridized carbons (Fsp3) is 0.267. The predicted octanol–water partition coefficient (Wildman–Crippen LogP) is 4.03. The van der Waals surface area contributed by atoms with Crippen molar-refractivity contribution in [3.05, 3.63) is 47.7 Å². The maximum atomic E-state index is 13.4. The van der Waals surface area contributed by atoms with Crippen LogP contribution < -0.4 is 4.74 Å². The quantitative estimate of drug-likeness (QED) is 0.673. The second-order valence-electron chi connectivity index (χ2n) is 5.05. The van der Waals surface area contributed by atoms with Gasteiger partial charge in [0.15, 0.2) is 0 Å². The molecule has 3 rings (SSSR count). The van der Waals surface area contributed by atoms with Crippen LogP contribution in [0.1, 0.15) is 24.6 Å². The van der Waals surface area contributed by atoms with E-state index in [0.29, 0.717) is 24.2 Å². The van der Waals surface area contributed by atoms with Gasteiger partial charge >= 0.3 is 6.18 Å². The molecule has 1 aromatic carbocycles. The van der Waals surface area contributed by atoms with E-state index in [1.54, 1.807) is 6.07 Å². The molecule has 0 unspecified atom stereocenters. The Labute approximate surface area is 133 Å². The molecule has 5 nitrogen and oxygen atoms in total. The van der Waals surface area contributed by atoms with E-state index in [1.807, 2.05) is 6.92 Å². The van der Waals surface area contributed by atoms with E-state index in [-0.39, 0.29) is 17.4 Å². The number of aryl methyl sites for hydroxylation is 1. The summed E-state index contributed by atoms with van der Waals surface area (Å²) in [6.07, 6.45) is -2.07. The Hall–Kier alpha value is -2.71. The smallest absolute Gasteiger partial charge is 0.419 e. The fourth-order valence-corrected chi connectivity index (χ4v) is 2.19. The summed E-state index contributed by atoms with van der Waals surface area (Å²) in [5, 5.41) is 3.93. The van der Waals surface area contributed by atoms with Gasteiger partial charge in [0.05, 0.1) is 5.56 Å². The first-order valence-corrected chi connectivity index (χ1v) is 7.12. The van der Waals surface area contributed by atoms with E-state index in [4.69, 9.17) is 4.74 Å². The van der Waals surface area contributed by atoms with Crippen LogP contribution in [0.25, 0.3) is 5.78 Å². The number of rotatable bonds is 4. The van der Waals surface area contributed by atoms with Crippen molar-refractivity contribution in [1.82, 2.24) is 19.6 Å². The topological polar surface area (TPSA) is 52.3 Å². The summed E-state index contributed by atoms with van der Waals surface area (Å²) in [5.41, 5.74) is -0.719. The van der Waals surface area contributed by atoms with E-state index >= 15 is 0 Å². The van der Waals surface area contributed by atoms with Gasteiger partial charge in [0.1, 0.15) is 17.9 Å². The van der Waals surface area contributed by atoms with Crippen molar-refractivity contribution in [2.75, 3.05) is 0 Å². The lowest BCUT2D eigenvalue weighted by molar-refractivity contribution is -0.140. The summed E-state index contributed by atoms with van der Waals surface area (Å²) in [4.78, 5) is 8.22. The van der Waals surface area contributed by atoms with Gasteiger partial charge in [-0.2, -0.15) is 27.8 Å². The zero-order chi connectivity index (χ0) is 17.3. The highest BCUT2D eigenvalue weighted by molar-refractivity contribution is 5.38. The van der Waals surface area contributed by atoms with Crippen molar-refractivity contribution in [3.63, 3.8) is 0 Å². The maximum Gasteiger partial charge on any atom is 0.419 e. The second kappa shape index (κ2) is 6.06. The predicted molar refractivity (Wildman–Crippen MR) is 76.3 cm³/mol. The van der Waals surface area contributed by atoms with E-state index < -0.39 is 17.6 Å². The Balaban J connectivity index is 2.02. The van der Waals surface area contributed by atoms with Crippen molar-refractivity contribution >= 4 is 5.78 Å². The maximum absolute atomic E-state index is 13.4. The zero-order valence-electron chi connectivity index (χ0n) is 12.5. The van der Waals surface area contributed by atoms with Crippen LogP contribution in [-0.2, 0) is 12.6 Å². The van der Waals surface area contributed by atoms with E-state index in [9.17, 15) is 17.6 Å². The van der Waals surface area contributed by atoms with Crippen molar-refractivity contribution in [3.8, 4) is 11.6 Å². The average molecular weight is 340 g/mol. The monoisotopic (exact) mass is 340 g/mol.